The normalized spacial score (nSPS) is 23.6. The van der Waals surface area contributed by atoms with E-state index in [-0.39, 0.29) is 18.5 Å². The zero-order chi connectivity index (χ0) is 13.0. The van der Waals surface area contributed by atoms with Crippen LogP contribution in [0.25, 0.3) is 0 Å². The molecule has 1 fully saturated rings. The van der Waals surface area contributed by atoms with Crippen LogP contribution in [0.15, 0.2) is 18.3 Å². The summed E-state index contributed by atoms with van der Waals surface area (Å²) < 4.78 is 5.49. The van der Waals surface area contributed by atoms with E-state index in [1.165, 1.54) is 6.42 Å². The van der Waals surface area contributed by atoms with Crippen LogP contribution in [0.5, 0.6) is 0 Å². The van der Waals surface area contributed by atoms with Crippen LogP contribution >= 0.6 is 0 Å². The van der Waals surface area contributed by atoms with Crippen molar-refractivity contribution in [2.75, 3.05) is 5.73 Å². The Morgan fingerprint density at radius 1 is 1.50 bits per heavy atom. The molecule has 1 aliphatic rings. The maximum absolute atomic E-state index is 11.8. The van der Waals surface area contributed by atoms with E-state index < -0.39 is 0 Å². The number of ether oxygens (including phenoxy) is 1. The fourth-order valence-electron chi connectivity index (χ4n) is 2.40. The summed E-state index contributed by atoms with van der Waals surface area (Å²) in [6.07, 6.45) is 6.25. The van der Waals surface area contributed by atoms with E-state index in [1.54, 1.807) is 18.3 Å². The van der Waals surface area contributed by atoms with Gasteiger partial charge in [0.15, 0.2) is 0 Å². The average molecular weight is 248 g/mol. The second kappa shape index (κ2) is 5.85. The number of aromatic nitrogens is 1. The number of hydrogen-bond donors (Lipinski definition) is 1. The highest BCUT2D eigenvalue weighted by Crippen LogP contribution is 2.25. The minimum absolute atomic E-state index is 0.0926. The summed E-state index contributed by atoms with van der Waals surface area (Å²) in [6.45, 7) is 2.21. The number of nitrogens with zero attached hydrogens (tertiary/aromatic N) is 1. The second-order valence-corrected chi connectivity index (χ2v) is 5.14. The molecule has 1 saturated carbocycles. The summed E-state index contributed by atoms with van der Waals surface area (Å²) in [5, 5.41) is 0. The largest absolute Gasteiger partial charge is 0.462 e. The van der Waals surface area contributed by atoms with E-state index in [9.17, 15) is 4.79 Å². The van der Waals surface area contributed by atoms with Gasteiger partial charge in [0, 0.05) is 0 Å². The van der Waals surface area contributed by atoms with Crippen LogP contribution in [-0.2, 0) is 16.0 Å². The van der Waals surface area contributed by atoms with Crippen molar-refractivity contribution in [2.45, 2.75) is 45.1 Å². The molecule has 0 aliphatic heterocycles. The van der Waals surface area contributed by atoms with Gasteiger partial charge in [-0.3, -0.25) is 9.78 Å². The third-order valence-corrected chi connectivity index (χ3v) is 3.36. The standard InChI is InChI=1S/C14H20N2O2/c1-10-3-2-4-13(7-10)18-14(17)8-12-6-5-11(15)9-16-12/h5-6,9-10,13H,2-4,7-8,15H2,1H3. The monoisotopic (exact) mass is 248 g/mol. The van der Waals surface area contributed by atoms with E-state index >= 15 is 0 Å². The third-order valence-electron chi connectivity index (χ3n) is 3.36. The number of carbonyl (C=O) groups is 1. The van der Waals surface area contributed by atoms with Gasteiger partial charge in [0.1, 0.15) is 6.10 Å². The first kappa shape index (κ1) is 12.9. The number of nitrogen functional groups attached to an aromatic ring is 1. The fourth-order valence-corrected chi connectivity index (χ4v) is 2.40. The first-order chi connectivity index (χ1) is 8.63. The Kier molecular flexibility index (Phi) is 4.18. The van der Waals surface area contributed by atoms with Crippen molar-refractivity contribution in [1.29, 1.82) is 0 Å². The summed E-state index contributed by atoms with van der Waals surface area (Å²) in [4.78, 5) is 15.9. The highest BCUT2D eigenvalue weighted by Gasteiger charge is 2.22. The Balaban J connectivity index is 1.83. The van der Waals surface area contributed by atoms with E-state index in [0.717, 1.165) is 19.3 Å². The summed E-state index contributed by atoms with van der Waals surface area (Å²) in [5.74, 6) is 0.470. The summed E-state index contributed by atoms with van der Waals surface area (Å²) in [5.41, 5.74) is 6.85. The maximum Gasteiger partial charge on any atom is 0.312 e. The molecule has 98 valence electrons. The molecular formula is C14H20N2O2. The van der Waals surface area contributed by atoms with Crippen molar-refractivity contribution in [3.8, 4) is 0 Å². The first-order valence-corrected chi connectivity index (χ1v) is 6.53. The molecule has 0 aromatic carbocycles. The Bertz CT molecular complexity index is 403. The number of nitrogens with two attached hydrogens (primary N) is 1. The third kappa shape index (κ3) is 3.72. The number of esters is 1. The van der Waals surface area contributed by atoms with Gasteiger partial charge in [0.05, 0.1) is 24.0 Å². The predicted molar refractivity (Wildman–Crippen MR) is 69.9 cm³/mol. The Hall–Kier alpha value is -1.58. The van der Waals surface area contributed by atoms with E-state index in [0.29, 0.717) is 17.3 Å². The highest BCUT2D eigenvalue weighted by molar-refractivity contribution is 5.72. The number of carbonyl (C=O) groups excluding carboxylic acids is 1. The van der Waals surface area contributed by atoms with Gasteiger partial charge in [0.25, 0.3) is 0 Å². The molecule has 0 spiro atoms. The molecule has 18 heavy (non-hydrogen) atoms. The van der Waals surface area contributed by atoms with Gasteiger partial charge < -0.3 is 10.5 Å². The highest BCUT2D eigenvalue weighted by atomic mass is 16.5. The lowest BCUT2D eigenvalue weighted by Gasteiger charge is -2.26. The van der Waals surface area contributed by atoms with Gasteiger partial charge in [0.2, 0.25) is 0 Å². The number of hydrogen-bond acceptors (Lipinski definition) is 4. The summed E-state index contributed by atoms with van der Waals surface area (Å²) in [6, 6.07) is 3.51. The molecule has 2 atom stereocenters. The van der Waals surface area contributed by atoms with E-state index in [1.807, 2.05) is 0 Å². The zero-order valence-electron chi connectivity index (χ0n) is 10.8. The average Bonchev–Trinajstić information content (AvgIpc) is 2.32. The van der Waals surface area contributed by atoms with Crippen LogP contribution in [0.4, 0.5) is 5.69 Å². The number of anilines is 1. The molecule has 4 heteroatoms. The molecule has 2 rings (SSSR count). The molecule has 1 aliphatic carbocycles. The van der Waals surface area contributed by atoms with Crippen molar-refractivity contribution in [2.24, 2.45) is 5.92 Å². The molecule has 0 radical (unpaired) electrons. The Morgan fingerprint density at radius 3 is 3.00 bits per heavy atom. The zero-order valence-corrected chi connectivity index (χ0v) is 10.8. The Labute approximate surface area is 108 Å². The van der Waals surface area contributed by atoms with Gasteiger partial charge in [-0.25, -0.2) is 0 Å². The van der Waals surface area contributed by atoms with Crippen LogP contribution in [0.1, 0.15) is 38.3 Å². The first-order valence-electron chi connectivity index (χ1n) is 6.53. The van der Waals surface area contributed by atoms with Gasteiger partial charge in [-0.1, -0.05) is 13.3 Å². The summed E-state index contributed by atoms with van der Waals surface area (Å²) in [7, 11) is 0. The van der Waals surface area contributed by atoms with Crippen molar-refractivity contribution in [1.82, 2.24) is 4.98 Å². The molecule has 2 N–H and O–H groups in total. The minimum atomic E-state index is -0.189. The van der Waals surface area contributed by atoms with Gasteiger partial charge in [-0.15, -0.1) is 0 Å². The maximum atomic E-state index is 11.8. The molecule has 1 aromatic rings. The number of pyridine rings is 1. The van der Waals surface area contributed by atoms with Crippen LogP contribution < -0.4 is 5.73 Å². The van der Waals surface area contributed by atoms with E-state index in [2.05, 4.69) is 11.9 Å². The minimum Gasteiger partial charge on any atom is -0.462 e. The van der Waals surface area contributed by atoms with Gasteiger partial charge in [-0.2, -0.15) is 0 Å². The van der Waals surface area contributed by atoms with Crippen molar-refractivity contribution < 1.29 is 9.53 Å². The second-order valence-electron chi connectivity index (χ2n) is 5.14. The molecular weight excluding hydrogens is 228 g/mol. The van der Waals surface area contributed by atoms with Crippen molar-refractivity contribution >= 4 is 11.7 Å². The lowest BCUT2D eigenvalue weighted by atomic mass is 9.89. The summed E-state index contributed by atoms with van der Waals surface area (Å²) >= 11 is 0. The quantitative estimate of drug-likeness (QED) is 0.834. The molecule has 4 nitrogen and oxygen atoms in total. The topological polar surface area (TPSA) is 65.2 Å². The van der Waals surface area contributed by atoms with Crippen molar-refractivity contribution in [3.63, 3.8) is 0 Å². The Morgan fingerprint density at radius 2 is 2.33 bits per heavy atom. The van der Waals surface area contributed by atoms with E-state index in [4.69, 9.17) is 10.5 Å². The lowest BCUT2D eigenvalue weighted by molar-refractivity contribution is -0.150. The number of rotatable bonds is 3. The van der Waals surface area contributed by atoms with Crippen LogP contribution in [0, 0.1) is 5.92 Å². The lowest BCUT2D eigenvalue weighted by Crippen LogP contribution is -2.25. The molecule has 0 bridgehead atoms. The predicted octanol–water partition coefficient (Wildman–Crippen LogP) is 2.33. The van der Waals surface area contributed by atoms with Crippen LogP contribution in [0.2, 0.25) is 0 Å². The van der Waals surface area contributed by atoms with Gasteiger partial charge in [-0.05, 0) is 37.3 Å². The smallest absolute Gasteiger partial charge is 0.312 e. The van der Waals surface area contributed by atoms with Gasteiger partial charge >= 0.3 is 5.97 Å². The van der Waals surface area contributed by atoms with Crippen LogP contribution in [0.3, 0.4) is 0 Å². The molecule has 0 amide bonds. The van der Waals surface area contributed by atoms with Crippen molar-refractivity contribution in [3.05, 3.63) is 24.0 Å². The molecule has 1 aromatic heterocycles. The SMILES string of the molecule is CC1CCCC(OC(=O)Cc2ccc(N)cn2)C1. The molecule has 2 unspecified atom stereocenters. The molecule has 0 saturated heterocycles. The van der Waals surface area contributed by atoms with Crippen LogP contribution in [-0.4, -0.2) is 17.1 Å². The fraction of sp³-hybridized carbons (Fsp3) is 0.571. The molecule has 1 heterocycles.